The second kappa shape index (κ2) is 8.21. The van der Waals surface area contributed by atoms with E-state index in [2.05, 4.69) is 26.1 Å². The highest BCUT2D eigenvalue weighted by Gasteiger charge is 2.27. The highest BCUT2D eigenvalue weighted by Crippen LogP contribution is 2.25. The lowest BCUT2D eigenvalue weighted by Gasteiger charge is -2.19. The number of hydrogen-bond acceptors (Lipinski definition) is 5. The molecule has 7 heteroatoms. The van der Waals surface area contributed by atoms with E-state index in [1.54, 1.807) is 25.1 Å². The van der Waals surface area contributed by atoms with Gasteiger partial charge in [-0.25, -0.2) is 4.79 Å². The molecule has 1 N–H and O–H groups in total. The first-order valence-electron chi connectivity index (χ1n) is 8.87. The maximum atomic E-state index is 12.4. The van der Waals surface area contributed by atoms with Crippen molar-refractivity contribution in [2.75, 3.05) is 5.32 Å². The number of nitro benzene ring substituents is 1. The molecule has 148 valence electrons. The zero-order chi connectivity index (χ0) is 21.1. The monoisotopic (exact) mass is 384 g/mol. The van der Waals surface area contributed by atoms with Crippen molar-refractivity contribution < 1.29 is 19.2 Å². The average molecular weight is 384 g/mol. The topological polar surface area (TPSA) is 98.5 Å². The lowest BCUT2D eigenvalue weighted by Crippen LogP contribution is -2.30. The molecule has 7 nitrogen and oxygen atoms in total. The normalized spacial score (nSPS) is 12.2. The highest BCUT2D eigenvalue weighted by atomic mass is 16.6. The van der Waals surface area contributed by atoms with Gasteiger partial charge in [0.1, 0.15) is 5.56 Å². The molecule has 0 fully saturated rings. The molecule has 0 aliphatic heterocycles. The van der Waals surface area contributed by atoms with E-state index in [9.17, 15) is 19.7 Å². The molecular formula is C21H24N2O5. The third-order valence-electron chi connectivity index (χ3n) is 4.32. The fourth-order valence-corrected chi connectivity index (χ4v) is 2.64. The summed E-state index contributed by atoms with van der Waals surface area (Å²) in [5.74, 6) is -1.43. The van der Waals surface area contributed by atoms with Crippen LogP contribution in [0.25, 0.3) is 0 Å². The first-order valence-corrected chi connectivity index (χ1v) is 8.87. The number of nitrogens with one attached hydrogen (secondary N) is 1. The summed E-state index contributed by atoms with van der Waals surface area (Å²) in [6, 6.07) is 11.7. The van der Waals surface area contributed by atoms with E-state index in [4.69, 9.17) is 4.74 Å². The van der Waals surface area contributed by atoms with Crippen molar-refractivity contribution in [1.82, 2.24) is 0 Å². The van der Waals surface area contributed by atoms with E-state index in [0.717, 1.165) is 5.56 Å². The minimum absolute atomic E-state index is 0.00633. The molecule has 2 aromatic carbocycles. The van der Waals surface area contributed by atoms with Gasteiger partial charge in [0, 0.05) is 11.8 Å². The molecule has 28 heavy (non-hydrogen) atoms. The summed E-state index contributed by atoms with van der Waals surface area (Å²) in [5, 5.41) is 13.8. The van der Waals surface area contributed by atoms with Crippen molar-refractivity contribution in [3.05, 3.63) is 69.3 Å². The fourth-order valence-electron chi connectivity index (χ4n) is 2.64. The minimum Gasteiger partial charge on any atom is -0.449 e. The Morgan fingerprint density at radius 3 is 2.25 bits per heavy atom. The van der Waals surface area contributed by atoms with Crippen LogP contribution < -0.4 is 5.32 Å². The minimum atomic E-state index is -1.12. The Balaban J connectivity index is 2.09. The molecule has 0 bridgehead atoms. The average Bonchev–Trinajstić information content (AvgIpc) is 2.60. The number of nitrogens with zero attached hydrogens (tertiary/aromatic N) is 1. The van der Waals surface area contributed by atoms with Crippen LogP contribution in [0.1, 0.15) is 49.2 Å². The van der Waals surface area contributed by atoms with Crippen LogP contribution in [0.5, 0.6) is 0 Å². The number of rotatable bonds is 5. The van der Waals surface area contributed by atoms with Gasteiger partial charge in [-0.3, -0.25) is 14.9 Å². The second-order valence-corrected chi connectivity index (χ2v) is 7.59. The Morgan fingerprint density at radius 2 is 1.71 bits per heavy atom. The van der Waals surface area contributed by atoms with Gasteiger partial charge in [0.05, 0.1) is 4.92 Å². The third kappa shape index (κ3) is 4.94. The summed E-state index contributed by atoms with van der Waals surface area (Å²) in [6.07, 6.45) is -1.12. The Kier molecular flexibility index (Phi) is 6.18. The molecule has 2 aromatic rings. The van der Waals surface area contributed by atoms with Crippen LogP contribution in [0.3, 0.4) is 0 Å². The summed E-state index contributed by atoms with van der Waals surface area (Å²) < 4.78 is 5.16. The van der Waals surface area contributed by atoms with Crippen LogP contribution in [0.2, 0.25) is 0 Å². The molecule has 0 aromatic heterocycles. The van der Waals surface area contributed by atoms with Crippen molar-refractivity contribution in [3.63, 3.8) is 0 Å². The number of amides is 1. The van der Waals surface area contributed by atoms with E-state index in [1.807, 2.05) is 12.1 Å². The Bertz CT molecular complexity index is 898. The zero-order valence-corrected chi connectivity index (χ0v) is 16.6. The summed E-state index contributed by atoms with van der Waals surface area (Å²) in [4.78, 5) is 35.3. The van der Waals surface area contributed by atoms with Gasteiger partial charge in [0.25, 0.3) is 11.6 Å². The summed E-state index contributed by atoms with van der Waals surface area (Å²) in [5.41, 5.74) is 1.59. The number of ether oxygens (including phenoxy) is 1. The summed E-state index contributed by atoms with van der Waals surface area (Å²) >= 11 is 0. The largest absolute Gasteiger partial charge is 0.449 e. The lowest BCUT2D eigenvalue weighted by molar-refractivity contribution is -0.385. The van der Waals surface area contributed by atoms with Gasteiger partial charge in [-0.05, 0) is 42.5 Å². The van der Waals surface area contributed by atoms with E-state index in [-0.39, 0.29) is 16.7 Å². The van der Waals surface area contributed by atoms with Crippen molar-refractivity contribution in [1.29, 1.82) is 0 Å². The van der Waals surface area contributed by atoms with Crippen LogP contribution in [0.4, 0.5) is 11.4 Å². The maximum Gasteiger partial charge on any atom is 0.346 e. The molecule has 0 heterocycles. The third-order valence-corrected chi connectivity index (χ3v) is 4.32. The van der Waals surface area contributed by atoms with Gasteiger partial charge in [-0.2, -0.15) is 0 Å². The number of anilines is 1. The Morgan fingerprint density at radius 1 is 1.11 bits per heavy atom. The van der Waals surface area contributed by atoms with E-state index < -0.39 is 22.9 Å². The van der Waals surface area contributed by atoms with Crippen LogP contribution >= 0.6 is 0 Å². The predicted octanol–water partition coefficient (Wildman–Crippen LogP) is 4.38. The van der Waals surface area contributed by atoms with Gasteiger partial charge in [-0.1, -0.05) is 45.0 Å². The number of nitro groups is 1. The van der Waals surface area contributed by atoms with Crippen LogP contribution in [0.15, 0.2) is 42.5 Å². The predicted molar refractivity (Wildman–Crippen MR) is 106 cm³/mol. The van der Waals surface area contributed by atoms with Crippen LogP contribution in [0, 0.1) is 17.0 Å². The first-order chi connectivity index (χ1) is 13.0. The smallest absolute Gasteiger partial charge is 0.346 e. The molecule has 0 saturated carbocycles. The maximum absolute atomic E-state index is 12.4. The molecule has 0 aliphatic carbocycles. The van der Waals surface area contributed by atoms with E-state index in [0.29, 0.717) is 11.3 Å². The molecule has 1 atom stereocenters. The van der Waals surface area contributed by atoms with Crippen LogP contribution in [-0.4, -0.2) is 22.9 Å². The SMILES string of the molecule is Cc1cccc([N+](=O)[O-])c1C(=O)OC(C)C(=O)Nc1ccc(C(C)(C)C)cc1. The summed E-state index contributed by atoms with van der Waals surface area (Å²) in [6.45, 7) is 9.26. The first kappa shape index (κ1) is 21.1. The number of esters is 1. The van der Waals surface area contributed by atoms with E-state index in [1.165, 1.54) is 19.1 Å². The van der Waals surface area contributed by atoms with Gasteiger partial charge in [0.2, 0.25) is 0 Å². The lowest BCUT2D eigenvalue weighted by atomic mass is 9.87. The summed E-state index contributed by atoms with van der Waals surface area (Å²) in [7, 11) is 0. The second-order valence-electron chi connectivity index (χ2n) is 7.59. The van der Waals surface area contributed by atoms with Crippen molar-refractivity contribution in [2.24, 2.45) is 0 Å². The van der Waals surface area contributed by atoms with Gasteiger partial charge in [0.15, 0.2) is 6.10 Å². The molecule has 0 radical (unpaired) electrons. The number of aryl methyl sites for hydroxylation is 1. The van der Waals surface area contributed by atoms with Crippen LogP contribution in [-0.2, 0) is 14.9 Å². The van der Waals surface area contributed by atoms with Gasteiger partial charge in [-0.15, -0.1) is 0 Å². The zero-order valence-electron chi connectivity index (χ0n) is 16.6. The molecular weight excluding hydrogens is 360 g/mol. The Hall–Kier alpha value is -3.22. The number of carbonyl (C=O) groups excluding carboxylic acids is 2. The van der Waals surface area contributed by atoms with E-state index >= 15 is 0 Å². The molecule has 0 spiro atoms. The molecule has 2 rings (SSSR count). The standard InChI is InChI=1S/C21H24N2O5/c1-13-7-6-8-17(23(26)27)18(13)20(25)28-14(2)19(24)22-16-11-9-15(10-12-16)21(3,4)5/h6-12,14H,1-5H3,(H,22,24). The van der Waals surface area contributed by atoms with Crippen molar-refractivity contribution in [2.45, 2.75) is 46.1 Å². The molecule has 1 unspecified atom stereocenters. The quantitative estimate of drug-likeness (QED) is 0.468. The van der Waals surface area contributed by atoms with Crippen molar-refractivity contribution in [3.8, 4) is 0 Å². The fraction of sp³-hybridized carbons (Fsp3) is 0.333. The van der Waals surface area contributed by atoms with Gasteiger partial charge >= 0.3 is 5.97 Å². The number of benzene rings is 2. The number of hydrogen-bond donors (Lipinski definition) is 1. The van der Waals surface area contributed by atoms with Crippen molar-refractivity contribution >= 4 is 23.3 Å². The molecule has 1 amide bonds. The number of carbonyl (C=O) groups is 2. The molecule has 0 aliphatic rings. The Labute approximate surface area is 163 Å². The highest BCUT2D eigenvalue weighted by molar-refractivity contribution is 5.99. The van der Waals surface area contributed by atoms with Gasteiger partial charge < -0.3 is 10.1 Å². The molecule has 0 saturated heterocycles.